The Kier molecular flexibility index (Phi) is 6.42. The maximum Gasteiger partial charge on any atom is 0.258 e. The Morgan fingerprint density at radius 2 is 1.68 bits per heavy atom. The van der Waals surface area contributed by atoms with Crippen LogP contribution in [0.15, 0.2) is 36.4 Å². The number of anilines is 1. The lowest BCUT2D eigenvalue weighted by Gasteiger charge is -2.13. The number of hydrogen-bond acceptors (Lipinski definition) is 3. The normalized spacial score (nSPS) is 10.2. The number of ether oxygens (including phenoxy) is 1. The molecule has 0 aliphatic heterocycles. The fourth-order valence-corrected chi connectivity index (χ4v) is 2.69. The van der Waals surface area contributed by atoms with Gasteiger partial charge in [0.2, 0.25) is 5.91 Å². The Hall–Kier alpha value is -2.53. The Bertz CT molecular complexity index is 767. The average molecular weight is 361 g/mol. The van der Waals surface area contributed by atoms with Gasteiger partial charge in [-0.3, -0.25) is 9.59 Å². The molecule has 0 fully saturated rings. The van der Waals surface area contributed by atoms with Crippen LogP contribution in [-0.2, 0) is 9.59 Å². The Morgan fingerprint density at radius 1 is 1.04 bits per heavy atom. The van der Waals surface area contributed by atoms with Crippen LogP contribution in [0.1, 0.15) is 16.7 Å². The second kappa shape index (κ2) is 8.53. The average Bonchev–Trinajstić information content (AvgIpc) is 2.55. The molecule has 25 heavy (non-hydrogen) atoms. The number of amides is 2. The molecule has 0 aliphatic rings. The Balaban J connectivity index is 1.82. The smallest absolute Gasteiger partial charge is 0.258 e. The van der Waals surface area contributed by atoms with Crippen molar-refractivity contribution in [2.75, 3.05) is 18.5 Å². The van der Waals surface area contributed by atoms with Gasteiger partial charge in [0.1, 0.15) is 5.75 Å². The molecule has 5 nitrogen and oxygen atoms in total. The fraction of sp³-hybridized carbons (Fsp3) is 0.263. The van der Waals surface area contributed by atoms with Gasteiger partial charge in [0, 0.05) is 5.69 Å². The summed E-state index contributed by atoms with van der Waals surface area (Å²) >= 11 is 5.95. The zero-order valence-corrected chi connectivity index (χ0v) is 15.2. The summed E-state index contributed by atoms with van der Waals surface area (Å²) in [5.41, 5.74) is 3.88. The van der Waals surface area contributed by atoms with E-state index in [1.807, 2.05) is 32.9 Å². The quantitative estimate of drug-likeness (QED) is 0.829. The molecule has 0 radical (unpaired) electrons. The SMILES string of the molecule is Cc1cc(C)c(NC(=O)CNC(=O)COc2ccccc2Cl)c(C)c1. The van der Waals surface area contributed by atoms with Gasteiger partial charge in [-0.2, -0.15) is 0 Å². The third kappa shape index (κ3) is 5.50. The molecule has 2 N–H and O–H groups in total. The molecule has 2 aromatic rings. The maximum absolute atomic E-state index is 12.0. The van der Waals surface area contributed by atoms with Crippen LogP contribution in [0.5, 0.6) is 5.75 Å². The lowest BCUT2D eigenvalue weighted by Crippen LogP contribution is -2.36. The van der Waals surface area contributed by atoms with Gasteiger partial charge in [-0.25, -0.2) is 0 Å². The van der Waals surface area contributed by atoms with E-state index in [2.05, 4.69) is 10.6 Å². The standard InChI is InChI=1S/C19H21ClN2O3/c1-12-8-13(2)19(14(3)9-12)22-17(23)10-21-18(24)11-25-16-7-5-4-6-15(16)20/h4-9H,10-11H2,1-3H3,(H,21,24)(H,22,23). The molecule has 0 unspecified atom stereocenters. The highest BCUT2D eigenvalue weighted by Crippen LogP contribution is 2.23. The summed E-state index contributed by atoms with van der Waals surface area (Å²) in [6, 6.07) is 10.9. The van der Waals surface area contributed by atoms with Crippen molar-refractivity contribution in [1.82, 2.24) is 5.32 Å². The third-order valence-corrected chi connectivity index (χ3v) is 3.90. The molecule has 0 saturated heterocycles. The molecule has 0 spiro atoms. The zero-order valence-electron chi connectivity index (χ0n) is 14.5. The van der Waals surface area contributed by atoms with Gasteiger partial charge in [-0.15, -0.1) is 0 Å². The predicted octanol–water partition coefficient (Wildman–Crippen LogP) is 3.40. The van der Waals surface area contributed by atoms with Crippen molar-refractivity contribution in [2.24, 2.45) is 0 Å². The fourth-order valence-electron chi connectivity index (χ4n) is 2.50. The van der Waals surface area contributed by atoms with Gasteiger partial charge < -0.3 is 15.4 Å². The second-order valence-electron chi connectivity index (χ2n) is 5.82. The molecular weight excluding hydrogens is 340 g/mol. The van der Waals surface area contributed by atoms with Crippen LogP contribution in [0.3, 0.4) is 0 Å². The zero-order chi connectivity index (χ0) is 18.4. The summed E-state index contributed by atoms with van der Waals surface area (Å²) < 4.78 is 5.32. The molecule has 6 heteroatoms. The van der Waals surface area contributed by atoms with E-state index >= 15 is 0 Å². The second-order valence-corrected chi connectivity index (χ2v) is 6.22. The van der Waals surface area contributed by atoms with Gasteiger partial charge in [0.15, 0.2) is 6.61 Å². The number of benzene rings is 2. The first-order chi connectivity index (χ1) is 11.9. The van der Waals surface area contributed by atoms with Crippen molar-refractivity contribution in [3.05, 3.63) is 58.1 Å². The summed E-state index contributed by atoms with van der Waals surface area (Å²) in [6.07, 6.45) is 0. The Labute approximate surface area is 152 Å². The van der Waals surface area contributed by atoms with E-state index in [1.165, 1.54) is 0 Å². The monoisotopic (exact) mass is 360 g/mol. The molecular formula is C19H21ClN2O3. The molecule has 132 valence electrons. The van der Waals surface area contributed by atoms with E-state index in [9.17, 15) is 9.59 Å². The molecule has 0 saturated carbocycles. The minimum absolute atomic E-state index is 0.128. The first-order valence-electron chi connectivity index (χ1n) is 7.88. The highest BCUT2D eigenvalue weighted by atomic mass is 35.5. The number of hydrogen-bond donors (Lipinski definition) is 2. The van der Waals surface area contributed by atoms with Crippen LogP contribution >= 0.6 is 11.6 Å². The van der Waals surface area contributed by atoms with Crippen molar-refractivity contribution in [3.63, 3.8) is 0 Å². The lowest BCUT2D eigenvalue weighted by molar-refractivity contribution is -0.125. The van der Waals surface area contributed by atoms with E-state index in [1.54, 1.807) is 24.3 Å². The van der Waals surface area contributed by atoms with E-state index in [0.717, 1.165) is 22.4 Å². The number of nitrogens with one attached hydrogen (secondary N) is 2. The van der Waals surface area contributed by atoms with Crippen LogP contribution in [-0.4, -0.2) is 25.0 Å². The first-order valence-corrected chi connectivity index (χ1v) is 8.26. The van der Waals surface area contributed by atoms with Gasteiger partial charge in [0.25, 0.3) is 5.91 Å². The molecule has 0 heterocycles. The van der Waals surface area contributed by atoms with Crippen molar-refractivity contribution in [2.45, 2.75) is 20.8 Å². The molecule has 0 bridgehead atoms. The summed E-state index contributed by atoms with van der Waals surface area (Å²) in [6.45, 7) is 5.54. The number of aryl methyl sites for hydroxylation is 3. The summed E-state index contributed by atoms with van der Waals surface area (Å²) in [4.78, 5) is 23.9. The largest absolute Gasteiger partial charge is 0.482 e. The number of para-hydroxylation sites is 1. The molecule has 0 aromatic heterocycles. The van der Waals surface area contributed by atoms with E-state index in [0.29, 0.717) is 10.8 Å². The van der Waals surface area contributed by atoms with Crippen LogP contribution in [0.4, 0.5) is 5.69 Å². The first kappa shape index (κ1) is 18.8. The van der Waals surface area contributed by atoms with Gasteiger partial charge in [-0.1, -0.05) is 41.4 Å². The van der Waals surface area contributed by atoms with Gasteiger partial charge >= 0.3 is 0 Å². The molecule has 2 amide bonds. The predicted molar refractivity (Wildman–Crippen MR) is 99.2 cm³/mol. The number of carbonyl (C=O) groups is 2. The van der Waals surface area contributed by atoms with Crippen LogP contribution in [0.25, 0.3) is 0 Å². The highest BCUT2D eigenvalue weighted by Gasteiger charge is 2.10. The van der Waals surface area contributed by atoms with Gasteiger partial charge in [-0.05, 0) is 44.0 Å². The van der Waals surface area contributed by atoms with E-state index in [-0.39, 0.29) is 19.1 Å². The molecule has 2 rings (SSSR count). The Morgan fingerprint density at radius 3 is 2.32 bits per heavy atom. The third-order valence-electron chi connectivity index (χ3n) is 3.58. The van der Waals surface area contributed by atoms with E-state index in [4.69, 9.17) is 16.3 Å². The maximum atomic E-state index is 12.0. The number of rotatable bonds is 6. The molecule has 0 atom stereocenters. The van der Waals surface area contributed by atoms with Gasteiger partial charge in [0.05, 0.1) is 11.6 Å². The highest BCUT2D eigenvalue weighted by molar-refractivity contribution is 6.32. The number of halogens is 1. The summed E-state index contributed by atoms with van der Waals surface area (Å²) in [5.74, 6) is -0.261. The summed E-state index contributed by atoms with van der Waals surface area (Å²) in [5, 5.41) is 5.78. The minimum Gasteiger partial charge on any atom is -0.482 e. The van der Waals surface area contributed by atoms with Crippen molar-refractivity contribution < 1.29 is 14.3 Å². The number of carbonyl (C=O) groups excluding carboxylic acids is 2. The van der Waals surface area contributed by atoms with Crippen molar-refractivity contribution in [3.8, 4) is 5.75 Å². The molecule has 2 aromatic carbocycles. The van der Waals surface area contributed by atoms with Crippen molar-refractivity contribution in [1.29, 1.82) is 0 Å². The van der Waals surface area contributed by atoms with Crippen molar-refractivity contribution >= 4 is 29.1 Å². The van der Waals surface area contributed by atoms with E-state index < -0.39 is 5.91 Å². The summed E-state index contributed by atoms with van der Waals surface area (Å²) in [7, 11) is 0. The van der Waals surface area contributed by atoms with Crippen LogP contribution in [0.2, 0.25) is 5.02 Å². The lowest BCUT2D eigenvalue weighted by atomic mass is 10.1. The topological polar surface area (TPSA) is 67.4 Å². The van der Waals surface area contributed by atoms with Crippen LogP contribution < -0.4 is 15.4 Å². The molecule has 0 aliphatic carbocycles. The minimum atomic E-state index is -0.396. The van der Waals surface area contributed by atoms with Crippen LogP contribution in [0, 0.1) is 20.8 Å².